The summed E-state index contributed by atoms with van der Waals surface area (Å²) in [4.78, 5) is 19.2. The second kappa shape index (κ2) is 8.62. The van der Waals surface area contributed by atoms with E-state index in [4.69, 9.17) is 0 Å². The molecule has 0 atom stereocenters. The Bertz CT molecular complexity index is 1020. The molecule has 1 fully saturated rings. The minimum atomic E-state index is -4.33. The lowest BCUT2D eigenvalue weighted by molar-refractivity contribution is -0.137. The molecule has 29 heavy (non-hydrogen) atoms. The molecule has 0 radical (unpaired) electrons. The summed E-state index contributed by atoms with van der Waals surface area (Å²) in [5.41, 5.74) is 1.56. The number of imidazole rings is 1. The Hall–Kier alpha value is -2.26. The number of anilines is 1. The third-order valence-corrected chi connectivity index (χ3v) is 5.23. The van der Waals surface area contributed by atoms with Crippen molar-refractivity contribution in [3.8, 4) is 0 Å². The van der Waals surface area contributed by atoms with E-state index in [-0.39, 0.29) is 22.7 Å². The largest absolute Gasteiger partial charge is 0.416 e. The predicted octanol–water partition coefficient (Wildman–Crippen LogP) is 3.75. The highest BCUT2D eigenvalue weighted by molar-refractivity contribution is 8.93. The van der Waals surface area contributed by atoms with Crippen molar-refractivity contribution >= 4 is 33.7 Å². The van der Waals surface area contributed by atoms with Gasteiger partial charge < -0.3 is 9.88 Å². The first-order valence-electron chi connectivity index (χ1n) is 9.24. The van der Waals surface area contributed by atoms with Gasteiger partial charge in [-0.15, -0.1) is 17.0 Å². The molecule has 0 saturated carbocycles. The Morgan fingerprint density at radius 1 is 0.931 bits per heavy atom. The number of benzene rings is 2. The highest BCUT2D eigenvalue weighted by Gasteiger charge is 2.31. The smallest absolute Gasteiger partial charge is 0.369 e. The number of nitrogens with one attached hydrogen (secondary N) is 1. The van der Waals surface area contributed by atoms with Gasteiger partial charge >= 0.3 is 11.9 Å². The van der Waals surface area contributed by atoms with Crippen molar-refractivity contribution in [1.82, 2.24) is 14.5 Å². The SMILES string of the molecule is Br.O=c1[nH]c2ccccc2n1CCN1CCN(c2cccc(C(F)(F)F)c2)CC1. The number of nitrogens with zero attached hydrogens (tertiary/aromatic N) is 3. The fourth-order valence-corrected chi connectivity index (χ4v) is 3.68. The van der Waals surface area contributed by atoms with Gasteiger partial charge in [0.15, 0.2) is 0 Å². The van der Waals surface area contributed by atoms with Crippen LogP contribution in [0.2, 0.25) is 0 Å². The second-order valence-electron chi connectivity index (χ2n) is 6.98. The number of aromatic nitrogens is 2. The van der Waals surface area contributed by atoms with Crippen molar-refractivity contribution in [2.75, 3.05) is 37.6 Å². The van der Waals surface area contributed by atoms with E-state index in [1.807, 2.05) is 29.2 Å². The summed E-state index contributed by atoms with van der Waals surface area (Å²) in [6, 6.07) is 13.1. The van der Waals surface area contributed by atoms with E-state index >= 15 is 0 Å². The molecule has 1 aliphatic heterocycles. The molecule has 0 aliphatic carbocycles. The fraction of sp³-hybridized carbons (Fsp3) is 0.350. The molecule has 1 saturated heterocycles. The van der Waals surface area contributed by atoms with Crippen molar-refractivity contribution in [1.29, 1.82) is 0 Å². The van der Waals surface area contributed by atoms with E-state index in [9.17, 15) is 18.0 Å². The summed E-state index contributed by atoms with van der Waals surface area (Å²) in [5.74, 6) is 0. The fourth-order valence-electron chi connectivity index (χ4n) is 3.68. The number of para-hydroxylation sites is 2. The maximum atomic E-state index is 12.9. The second-order valence-corrected chi connectivity index (χ2v) is 6.98. The minimum Gasteiger partial charge on any atom is -0.369 e. The molecule has 9 heteroatoms. The zero-order valence-corrected chi connectivity index (χ0v) is 17.4. The Morgan fingerprint density at radius 2 is 1.66 bits per heavy atom. The molecule has 4 rings (SSSR count). The van der Waals surface area contributed by atoms with Crippen LogP contribution in [0, 0.1) is 0 Å². The van der Waals surface area contributed by atoms with Crippen LogP contribution in [0.3, 0.4) is 0 Å². The quantitative estimate of drug-likeness (QED) is 0.631. The van der Waals surface area contributed by atoms with Crippen molar-refractivity contribution in [3.63, 3.8) is 0 Å². The minimum absolute atomic E-state index is 0. The molecule has 2 aromatic carbocycles. The Kier molecular flexibility index (Phi) is 6.38. The van der Waals surface area contributed by atoms with E-state index < -0.39 is 11.7 Å². The standard InChI is InChI=1S/C20H21F3N4O.BrH/c21-20(22,23)15-4-3-5-16(14-15)26-11-8-25(9-12-26)10-13-27-18-7-2-1-6-17(18)24-19(27)28;/h1-7,14H,8-13H2,(H,24,28);1H. The van der Waals surface area contributed by atoms with Crippen LogP contribution in [0.25, 0.3) is 11.0 Å². The summed E-state index contributed by atoms with van der Waals surface area (Å²) >= 11 is 0. The molecule has 2 heterocycles. The summed E-state index contributed by atoms with van der Waals surface area (Å²) in [6.07, 6.45) is -4.33. The molecule has 5 nitrogen and oxygen atoms in total. The summed E-state index contributed by atoms with van der Waals surface area (Å²) in [6.45, 7) is 4.10. The van der Waals surface area contributed by atoms with E-state index in [0.29, 0.717) is 25.3 Å². The van der Waals surface area contributed by atoms with Crippen LogP contribution in [0.15, 0.2) is 53.3 Å². The summed E-state index contributed by atoms with van der Waals surface area (Å²) in [7, 11) is 0. The first kappa shape index (κ1) is 21.4. The Morgan fingerprint density at radius 3 is 2.38 bits per heavy atom. The number of halogens is 4. The van der Waals surface area contributed by atoms with Crippen LogP contribution in [-0.4, -0.2) is 47.2 Å². The lowest BCUT2D eigenvalue weighted by Gasteiger charge is -2.36. The zero-order chi connectivity index (χ0) is 19.7. The van der Waals surface area contributed by atoms with Gasteiger partial charge in [-0.25, -0.2) is 4.79 Å². The molecule has 3 aromatic rings. The monoisotopic (exact) mass is 470 g/mol. The lowest BCUT2D eigenvalue weighted by atomic mass is 10.1. The number of rotatable bonds is 4. The zero-order valence-electron chi connectivity index (χ0n) is 15.7. The molecular formula is C20H22BrF3N4O. The van der Waals surface area contributed by atoms with Crippen LogP contribution in [0.5, 0.6) is 0 Å². The molecule has 1 aliphatic rings. The van der Waals surface area contributed by atoms with Gasteiger partial charge in [-0.1, -0.05) is 18.2 Å². The van der Waals surface area contributed by atoms with Crippen molar-refractivity contribution in [3.05, 3.63) is 64.6 Å². The average Bonchev–Trinajstić information content (AvgIpc) is 3.01. The summed E-state index contributed by atoms with van der Waals surface area (Å²) in [5, 5.41) is 0. The molecule has 0 bridgehead atoms. The highest BCUT2D eigenvalue weighted by atomic mass is 79.9. The van der Waals surface area contributed by atoms with Crippen molar-refractivity contribution in [2.45, 2.75) is 12.7 Å². The van der Waals surface area contributed by atoms with Crippen LogP contribution >= 0.6 is 17.0 Å². The maximum Gasteiger partial charge on any atom is 0.416 e. The Labute approximate surface area is 176 Å². The molecule has 0 unspecified atom stereocenters. The van der Waals surface area contributed by atoms with Gasteiger partial charge in [0.05, 0.1) is 16.6 Å². The molecule has 0 spiro atoms. The van der Waals surface area contributed by atoms with E-state index in [1.54, 1.807) is 10.6 Å². The number of hydrogen-bond acceptors (Lipinski definition) is 3. The molecule has 156 valence electrons. The van der Waals surface area contributed by atoms with Crippen LogP contribution in [-0.2, 0) is 12.7 Å². The number of hydrogen-bond donors (Lipinski definition) is 1. The first-order chi connectivity index (χ1) is 13.4. The van der Waals surface area contributed by atoms with Gasteiger partial charge in [-0.3, -0.25) is 9.47 Å². The Balaban J connectivity index is 0.00000240. The number of H-pyrrole nitrogens is 1. The third-order valence-electron chi connectivity index (χ3n) is 5.23. The van der Waals surface area contributed by atoms with Crippen LogP contribution < -0.4 is 10.6 Å². The van der Waals surface area contributed by atoms with Gasteiger partial charge in [0, 0.05) is 45.0 Å². The molecular weight excluding hydrogens is 449 g/mol. The van der Waals surface area contributed by atoms with Gasteiger partial charge in [-0.2, -0.15) is 13.2 Å². The summed E-state index contributed by atoms with van der Waals surface area (Å²) < 4.78 is 40.5. The lowest BCUT2D eigenvalue weighted by Crippen LogP contribution is -2.47. The highest BCUT2D eigenvalue weighted by Crippen LogP contribution is 2.31. The average molecular weight is 471 g/mol. The normalized spacial score (nSPS) is 15.5. The molecule has 0 amide bonds. The topological polar surface area (TPSA) is 44.3 Å². The third kappa shape index (κ3) is 4.67. The van der Waals surface area contributed by atoms with E-state index in [1.165, 1.54) is 12.1 Å². The number of alkyl halides is 3. The molecule has 1 aromatic heterocycles. The van der Waals surface area contributed by atoms with Gasteiger partial charge in [-0.05, 0) is 30.3 Å². The van der Waals surface area contributed by atoms with E-state index in [2.05, 4.69) is 9.88 Å². The van der Waals surface area contributed by atoms with E-state index in [0.717, 1.165) is 36.7 Å². The number of fused-ring (bicyclic) bond motifs is 1. The van der Waals surface area contributed by atoms with Gasteiger partial charge in [0.2, 0.25) is 0 Å². The predicted molar refractivity (Wildman–Crippen MR) is 113 cm³/mol. The van der Waals surface area contributed by atoms with Crippen LogP contribution in [0.1, 0.15) is 5.56 Å². The first-order valence-corrected chi connectivity index (χ1v) is 9.24. The number of piperazine rings is 1. The van der Waals surface area contributed by atoms with Crippen LogP contribution in [0.4, 0.5) is 18.9 Å². The number of aromatic amines is 1. The van der Waals surface area contributed by atoms with Crippen molar-refractivity contribution < 1.29 is 13.2 Å². The van der Waals surface area contributed by atoms with Gasteiger partial charge in [0.1, 0.15) is 0 Å². The van der Waals surface area contributed by atoms with Crippen molar-refractivity contribution in [2.24, 2.45) is 0 Å². The van der Waals surface area contributed by atoms with Gasteiger partial charge in [0.25, 0.3) is 0 Å². The molecule has 1 N–H and O–H groups in total. The maximum absolute atomic E-state index is 12.9.